The lowest BCUT2D eigenvalue weighted by molar-refractivity contribution is -0.139. The van der Waals surface area contributed by atoms with Crippen molar-refractivity contribution in [2.75, 3.05) is 20.1 Å². The number of ether oxygens (including phenoxy) is 1. The minimum atomic E-state index is -3.55. The third-order valence-electron chi connectivity index (χ3n) is 7.10. The highest BCUT2D eigenvalue weighted by molar-refractivity contribution is 8.00. The first-order valence-corrected chi connectivity index (χ1v) is 14.7. The van der Waals surface area contributed by atoms with Crippen LogP contribution in [-0.2, 0) is 19.6 Å². The van der Waals surface area contributed by atoms with Crippen LogP contribution in [-0.4, -0.2) is 89.6 Å². The summed E-state index contributed by atoms with van der Waals surface area (Å²) < 4.78 is 34.0. The zero-order valence-electron chi connectivity index (χ0n) is 21.0. The van der Waals surface area contributed by atoms with Crippen molar-refractivity contribution < 1.29 is 27.5 Å². The number of carbonyl (C=O) groups excluding carboxylic acids is 3. The fourth-order valence-electron chi connectivity index (χ4n) is 4.98. The van der Waals surface area contributed by atoms with Crippen LogP contribution in [0.15, 0.2) is 0 Å². The van der Waals surface area contributed by atoms with E-state index in [9.17, 15) is 22.8 Å². The molecule has 0 aromatic heterocycles. The minimum absolute atomic E-state index is 0.118. The molecule has 0 aromatic rings. The number of carbonyl (C=O) groups is 3. The molecule has 5 unspecified atom stereocenters. The molecular formula is C22H37N5O6S2. The van der Waals surface area contributed by atoms with Crippen LogP contribution in [0, 0.1) is 5.92 Å². The van der Waals surface area contributed by atoms with Crippen LogP contribution >= 0.6 is 11.8 Å². The van der Waals surface area contributed by atoms with Crippen LogP contribution in [0.3, 0.4) is 0 Å². The summed E-state index contributed by atoms with van der Waals surface area (Å²) in [4.78, 5) is 41.4. The maximum Gasteiger partial charge on any atom is 0.409 e. The third-order valence-corrected chi connectivity index (χ3v) is 10.4. The molecule has 3 N–H and O–H groups in total. The number of urea groups is 1. The van der Waals surface area contributed by atoms with Gasteiger partial charge in [-0.25, -0.2) is 22.7 Å². The molecule has 2 saturated heterocycles. The Morgan fingerprint density at radius 3 is 2.57 bits per heavy atom. The number of hydrogen-bond acceptors (Lipinski definition) is 8. The molecule has 2 aliphatic heterocycles. The Labute approximate surface area is 211 Å². The lowest BCUT2D eigenvalue weighted by atomic mass is 9.81. The molecule has 2 heterocycles. The number of fused-ring (bicyclic) bond motifs is 1. The van der Waals surface area contributed by atoms with Gasteiger partial charge in [0, 0.05) is 37.0 Å². The SMILES string of the molecule is CN1C(=O)N(CC2CNC(NC(=O)OC(C)(C)C)S2)C(=O)C2CC(S(=O)(=O)NC3(C)CC3)CCC21. The van der Waals surface area contributed by atoms with E-state index in [0.29, 0.717) is 19.4 Å². The van der Waals surface area contributed by atoms with Gasteiger partial charge in [0.05, 0.1) is 11.2 Å². The van der Waals surface area contributed by atoms with Crippen molar-refractivity contribution in [1.29, 1.82) is 0 Å². The number of hydrogen-bond donors (Lipinski definition) is 3. The van der Waals surface area contributed by atoms with Crippen LogP contribution in [0.1, 0.15) is 59.8 Å². The molecule has 2 saturated carbocycles. The maximum absolute atomic E-state index is 13.4. The largest absolute Gasteiger partial charge is 0.444 e. The highest BCUT2D eigenvalue weighted by Gasteiger charge is 2.51. The number of rotatable bonds is 6. The number of nitrogens with one attached hydrogen (secondary N) is 3. The van der Waals surface area contributed by atoms with Crippen molar-refractivity contribution in [2.24, 2.45) is 5.92 Å². The second-order valence-corrected chi connectivity index (χ2v) is 14.7. The zero-order chi connectivity index (χ0) is 25.8. The van der Waals surface area contributed by atoms with Gasteiger partial charge in [0.25, 0.3) is 0 Å². The average molecular weight is 532 g/mol. The highest BCUT2D eigenvalue weighted by atomic mass is 32.2. The fraction of sp³-hybridized carbons (Fsp3) is 0.864. The van der Waals surface area contributed by atoms with E-state index in [2.05, 4.69) is 15.4 Å². The molecular weight excluding hydrogens is 494 g/mol. The molecule has 0 spiro atoms. The van der Waals surface area contributed by atoms with Crippen LogP contribution < -0.4 is 15.4 Å². The summed E-state index contributed by atoms with van der Waals surface area (Å²) in [5.74, 6) is -0.852. The summed E-state index contributed by atoms with van der Waals surface area (Å²) in [6, 6.07) is -0.643. The van der Waals surface area contributed by atoms with Gasteiger partial charge in [0.15, 0.2) is 0 Å². The molecule has 11 nitrogen and oxygen atoms in total. The number of nitrogens with zero attached hydrogens (tertiary/aromatic N) is 2. The first-order valence-electron chi connectivity index (χ1n) is 12.2. The van der Waals surface area contributed by atoms with E-state index < -0.39 is 38.4 Å². The van der Waals surface area contributed by atoms with Gasteiger partial charge < -0.3 is 9.64 Å². The van der Waals surface area contributed by atoms with Gasteiger partial charge >= 0.3 is 12.1 Å². The van der Waals surface area contributed by atoms with Crippen molar-refractivity contribution in [1.82, 2.24) is 25.2 Å². The molecule has 2 aliphatic carbocycles. The Morgan fingerprint density at radius 2 is 1.94 bits per heavy atom. The van der Waals surface area contributed by atoms with E-state index in [0.717, 1.165) is 12.8 Å². The summed E-state index contributed by atoms with van der Waals surface area (Å²) >= 11 is 1.42. The van der Waals surface area contributed by atoms with Gasteiger partial charge in [0.1, 0.15) is 11.1 Å². The molecule has 35 heavy (non-hydrogen) atoms. The number of amides is 4. The predicted molar refractivity (Wildman–Crippen MR) is 132 cm³/mol. The van der Waals surface area contributed by atoms with Crippen LogP contribution in [0.5, 0.6) is 0 Å². The average Bonchev–Trinajstić information content (AvgIpc) is 3.29. The van der Waals surface area contributed by atoms with E-state index in [1.165, 1.54) is 16.7 Å². The molecule has 4 aliphatic rings. The molecule has 0 aromatic carbocycles. The lowest BCUT2D eigenvalue weighted by Crippen LogP contribution is -2.63. The second-order valence-electron chi connectivity index (χ2n) is 11.4. The van der Waals surface area contributed by atoms with Gasteiger partial charge in [-0.2, -0.15) is 0 Å². The topological polar surface area (TPSA) is 137 Å². The summed E-state index contributed by atoms with van der Waals surface area (Å²) in [6.07, 6.45) is 2.23. The number of alkyl carbamates (subject to hydrolysis) is 1. The Bertz CT molecular complexity index is 979. The van der Waals surface area contributed by atoms with E-state index in [4.69, 9.17) is 4.74 Å². The van der Waals surface area contributed by atoms with Crippen molar-refractivity contribution >= 4 is 39.8 Å². The number of thioether (sulfide) groups is 1. The maximum atomic E-state index is 13.4. The van der Waals surface area contributed by atoms with E-state index in [-0.39, 0.29) is 41.7 Å². The van der Waals surface area contributed by atoms with Gasteiger partial charge in [0.2, 0.25) is 15.9 Å². The first-order chi connectivity index (χ1) is 16.2. The van der Waals surface area contributed by atoms with Crippen molar-refractivity contribution in [3.05, 3.63) is 0 Å². The van der Waals surface area contributed by atoms with Crippen molar-refractivity contribution in [2.45, 2.75) is 93.0 Å². The van der Waals surface area contributed by atoms with Crippen LogP contribution in [0.2, 0.25) is 0 Å². The van der Waals surface area contributed by atoms with E-state index >= 15 is 0 Å². The Morgan fingerprint density at radius 1 is 1.26 bits per heavy atom. The molecule has 4 fully saturated rings. The third kappa shape index (κ3) is 6.05. The van der Waals surface area contributed by atoms with Crippen molar-refractivity contribution in [3.8, 4) is 0 Å². The van der Waals surface area contributed by atoms with E-state index in [1.807, 2.05) is 6.92 Å². The van der Waals surface area contributed by atoms with E-state index in [1.54, 1.807) is 32.7 Å². The van der Waals surface area contributed by atoms with Crippen LogP contribution in [0.4, 0.5) is 9.59 Å². The summed E-state index contributed by atoms with van der Waals surface area (Å²) in [7, 11) is -1.86. The van der Waals surface area contributed by atoms with Crippen molar-refractivity contribution in [3.63, 3.8) is 0 Å². The van der Waals surface area contributed by atoms with Crippen LogP contribution in [0.25, 0.3) is 0 Å². The summed E-state index contributed by atoms with van der Waals surface area (Å²) in [6.45, 7) is 7.93. The second kappa shape index (κ2) is 9.38. The first kappa shape index (κ1) is 26.5. The standard InChI is InChI=1S/C22H37N5O6S2/c1-21(2,3)33-19(29)24-18-23-11-13(34-18)12-27-17(28)15-10-14(6-7-16(15)26(5)20(27)30)35(31,32)25-22(4)8-9-22/h13-16,18,23,25H,6-12H2,1-5H3,(H,24,29). The molecule has 4 rings (SSSR count). The smallest absolute Gasteiger partial charge is 0.409 e. The highest BCUT2D eigenvalue weighted by Crippen LogP contribution is 2.40. The predicted octanol–water partition coefficient (Wildman–Crippen LogP) is 1.40. The molecule has 0 radical (unpaired) electrons. The molecule has 0 bridgehead atoms. The zero-order valence-corrected chi connectivity index (χ0v) is 22.6. The Hall–Kier alpha value is -1.57. The normalized spacial score (nSPS) is 32.9. The van der Waals surface area contributed by atoms with Gasteiger partial charge in [-0.3, -0.25) is 20.3 Å². The molecule has 198 valence electrons. The summed E-state index contributed by atoms with van der Waals surface area (Å²) in [5.41, 5.74) is -1.37. The Balaban J connectivity index is 1.37. The number of sulfonamides is 1. The summed E-state index contributed by atoms with van der Waals surface area (Å²) in [5, 5.41) is 5.15. The number of imide groups is 1. The fourth-order valence-corrected chi connectivity index (χ4v) is 8.11. The van der Waals surface area contributed by atoms with Gasteiger partial charge in [-0.05, 0) is 59.8 Å². The quantitative estimate of drug-likeness (QED) is 0.468. The van der Waals surface area contributed by atoms with Gasteiger partial charge in [-0.1, -0.05) is 0 Å². The Kier molecular flexibility index (Phi) is 7.10. The molecule has 4 amide bonds. The lowest BCUT2D eigenvalue weighted by Gasteiger charge is -2.47. The molecule has 13 heteroatoms. The van der Waals surface area contributed by atoms with Gasteiger partial charge in [-0.15, -0.1) is 11.8 Å². The minimum Gasteiger partial charge on any atom is -0.444 e. The monoisotopic (exact) mass is 531 g/mol. The molecule has 5 atom stereocenters.